The standard InChI is InChI=1S/C28H32FN3O3/c1-19-26(20(2)35-30-19)17-32-16-22(15-31-12-5-7-23(31)18-33)25-14-24(9-10-28(25)32)34-13-11-21-6-3-4-8-27(21)29/h3-4,6,8-10,14,16,23,33H,5,7,11-13,15,17-18H2,1-2H3/t23-/m0/s1. The first kappa shape index (κ1) is 23.6. The van der Waals surface area contributed by atoms with Crippen molar-refractivity contribution in [3.8, 4) is 5.75 Å². The Morgan fingerprint density at radius 1 is 1.14 bits per heavy atom. The molecule has 1 N–H and O–H groups in total. The minimum atomic E-state index is -0.200. The normalized spacial score (nSPS) is 16.4. The van der Waals surface area contributed by atoms with Gasteiger partial charge in [-0.15, -0.1) is 0 Å². The van der Waals surface area contributed by atoms with Crippen LogP contribution in [0.2, 0.25) is 0 Å². The Hall–Kier alpha value is -3.16. The van der Waals surface area contributed by atoms with Gasteiger partial charge < -0.3 is 18.9 Å². The quantitative estimate of drug-likeness (QED) is 0.367. The molecule has 0 amide bonds. The Bertz CT molecular complexity index is 1290. The van der Waals surface area contributed by atoms with Crippen LogP contribution in [0.15, 0.2) is 53.2 Å². The lowest BCUT2D eigenvalue weighted by molar-refractivity contribution is 0.154. The van der Waals surface area contributed by atoms with Crippen molar-refractivity contribution in [2.45, 2.75) is 52.2 Å². The molecule has 4 aromatic rings. The molecule has 7 heteroatoms. The maximum absolute atomic E-state index is 14.0. The second kappa shape index (κ2) is 10.2. The Morgan fingerprint density at radius 3 is 2.77 bits per heavy atom. The zero-order valence-corrected chi connectivity index (χ0v) is 20.3. The summed E-state index contributed by atoms with van der Waals surface area (Å²) in [5.41, 5.74) is 4.96. The average molecular weight is 478 g/mol. The van der Waals surface area contributed by atoms with E-state index in [-0.39, 0.29) is 18.5 Å². The number of rotatable bonds is 9. The molecule has 1 saturated heterocycles. The van der Waals surface area contributed by atoms with E-state index in [4.69, 9.17) is 9.26 Å². The van der Waals surface area contributed by atoms with E-state index in [1.54, 1.807) is 12.1 Å². The highest BCUT2D eigenvalue weighted by Gasteiger charge is 2.25. The van der Waals surface area contributed by atoms with Crippen molar-refractivity contribution < 1.29 is 18.8 Å². The first-order valence-corrected chi connectivity index (χ1v) is 12.3. The third-order valence-electron chi connectivity index (χ3n) is 7.13. The summed E-state index contributed by atoms with van der Waals surface area (Å²) in [6.07, 6.45) is 4.84. The van der Waals surface area contributed by atoms with Crippen LogP contribution in [0.4, 0.5) is 4.39 Å². The number of hydrogen-bond donors (Lipinski definition) is 1. The topological polar surface area (TPSA) is 63.7 Å². The van der Waals surface area contributed by atoms with Crippen molar-refractivity contribution >= 4 is 10.9 Å². The summed E-state index contributed by atoms with van der Waals surface area (Å²) >= 11 is 0. The number of hydrogen-bond acceptors (Lipinski definition) is 5. The number of benzene rings is 2. The molecule has 3 heterocycles. The lowest BCUT2D eigenvalue weighted by atomic mass is 10.1. The van der Waals surface area contributed by atoms with Crippen LogP contribution in [0, 0.1) is 19.7 Å². The molecule has 1 fully saturated rings. The number of halogens is 1. The molecule has 184 valence electrons. The summed E-state index contributed by atoms with van der Waals surface area (Å²) in [6, 6.07) is 13.2. The van der Waals surface area contributed by atoms with E-state index in [9.17, 15) is 9.50 Å². The van der Waals surface area contributed by atoms with Gasteiger partial charge in [0.05, 0.1) is 25.5 Å². The molecule has 0 bridgehead atoms. The Labute approximate surface area is 204 Å². The first-order valence-electron chi connectivity index (χ1n) is 12.3. The Kier molecular flexibility index (Phi) is 6.88. The van der Waals surface area contributed by atoms with Crippen molar-refractivity contribution in [3.05, 3.63) is 82.6 Å². The highest BCUT2D eigenvalue weighted by Crippen LogP contribution is 2.30. The second-order valence-corrected chi connectivity index (χ2v) is 9.40. The van der Waals surface area contributed by atoms with Gasteiger partial charge in [0.1, 0.15) is 17.3 Å². The molecule has 0 saturated carbocycles. The molecular weight excluding hydrogens is 445 g/mol. The van der Waals surface area contributed by atoms with Crippen LogP contribution in [0.3, 0.4) is 0 Å². The van der Waals surface area contributed by atoms with Gasteiger partial charge in [0.2, 0.25) is 0 Å². The summed E-state index contributed by atoms with van der Waals surface area (Å²) in [6.45, 7) is 6.93. The van der Waals surface area contributed by atoms with Crippen molar-refractivity contribution in [2.75, 3.05) is 19.8 Å². The minimum absolute atomic E-state index is 0.183. The summed E-state index contributed by atoms with van der Waals surface area (Å²) in [7, 11) is 0. The van der Waals surface area contributed by atoms with Gasteiger partial charge in [-0.25, -0.2) is 4.39 Å². The number of fused-ring (bicyclic) bond motifs is 1. The van der Waals surface area contributed by atoms with Gasteiger partial charge in [-0.2, -0.15) is 0 Å². The molecule has 1 aliphatic heterocycles. The number of aliphatic hydroxyl groups is 1. The van der Waals surface area contributed by atoms with E-state index < -0.39 is 0 Å². The maximum Gasteiger partial charge on any atom is 0.138 e. The van der Waals surface area contributed by atoms with Crippen LogP contribution in [-0.2, 0) is 19.5 Å². The molecular formula is C28H32FN3O3. The molecule has 5 rings (SSSR count). The largest absolute Gasteiger partial charge is 0.493 e. The smallest absolute Gasteiger partial charge is 0.138 e. The van der Waals surface area contributed by atoms with E-state index >= 15 is 0 Å². The van der Waals surface area contributed by atoms with Crippen molar-refractivity contribution in [3.63, 3.8) is 0 Å². The fraction of sp³-hybridized carbons (Fsp3) is 0.393. The molecule has 0 aliphatic carbocycles. The van der Waals surface area contributed by atoms with Gasteiger partial charge in [0.25, 0.3) is 0 Å². The van der Waals surface area contributed by atoms with E-state index in [0.717, 1.165) is 59.6 Å². The minimum Gasteiger partial charge on any atom is -0.493 e. The third kappa shape index (κ3) is 4.97. The molecule has 1 atom stereocenters. The predicted molar refractivity (Wildman–Crippen MR) is 133 cm³/mol. The first-order chi connectivity index (χ1) is 17.0. The number of nitrogens with zero attached hydrogens (tertiary/aromatic N) is 3. The van der Waals surface area contributed by atoms with E-state index in [2.05, 4.69) is 33.0 Å². The number of aryl methyl sites for hydroxylation is 2. The lowest BCUT2D eigenvalue weighted by Gasteiger charge is -2.22. The summed E-state index contributed by atoms with van der Waals surface area (Å²) in [4.78, 5) is 2.36. The van der Waals surface area contributed by atoms with Crippen LogP contribution in [0.1, 0.15) is 41.0 Å². The summed E-state index contributed by atoms with van der Waals surface area (Å²) in [5, 5.41) is 15.0. The summed E-state index contributed by atoms with van der Waals surface area (Å²) < 4.78 is 27.6. The van der Waals surface area contributed by atoms with Gasteiger partial charge in [-0.3, -0.25) is 4.90 Å². The van der Waals surface area contributed by atoms with Crippen molar-refractivity contribution in [1.29, 1.82) is 0 Å². The highest BCUT2D eigenvalue weighted by atomic mass is 19.1. The van der Waals surface area contributed by atoms with Crippen LogP contribution < -0.4 is 4.74 Å². The van der Waals surface area contributed by atoms with Gasteiger partial charge in [-0.05, 0) is 68.6 Å². The highest BCUT2D eigenvalue weighted by molar-refractivity contribution is 5.85. The molecule has 35 heavy (non-hydrogen) atoms. The van der Waals surface area contributed by atoms with Gasteiger partial charge in [-0.1, -0.05) is 23.4 Å². The SMILES string of the molecule is Cc1noc(C)c1Cn1cc(CN2CCC[C@H]2CO)c2cc(OCCc3ccccc3F)ccc21. The third-order valence-corrected chi connectivity index (χ3v) is 7.13. The number of ether oxygens (including phenoxy) is 1. The lowest BCUT2D eigenvalue weighted by Crippen LogP contribution is -2.31. The van der Waals surface area contributed by atoms with Crippen LogP contribution >= 0.6 is 0 Å². The Morgan fingerprint density at radius 2 is 2.00 bits per heavy atom. The van der Waals surface area contributed by atoms with Crippen molar-refractivity contribution in [2.24, 2.45) is 0 Å². The second-order valence-electron chi connectivity index (χ2n) is 9.40. The predicted octanol–water partition coefficient (Wildman–Crippen LogP) is 5.01. The fourth-order valence-corrected chi connectivity index (χ4v) is 5.10. The van der Waals surface area contributed by atoms with Gasteiger partial charge in [0, 0.05) is 41.7 Å². The molecule has 6 nitrogen and oxygen atoms in total. The molecule has 2 aromatic carbocycles. The van der Waals surface area contributed by atoms with Gasteiger partial charge in [0.15, 0.2) is 0 Å². The molecule has 0 radical (unpaired) electrons. The Balaban J connectivity index is 1.42. The van der Waals surface area contributed by atoms with E-state index in [1.165, 1.54) is 11.6 Å². The van der Waals surface area contributed by atoms with E-state index in [0.29, 0.717) is 25.1 Å². The van der Waals surface area contributed by atoms with Crippen LogP contribution in [-0.4, -0.2) is 45.5 Å². The molecule has 2 aromatic heterocycles. The fourth-order valence-electron chi connectivity index (χ4n) is 5.10. The zero-order valence-electron chi connectivity index (χ0n) is 20.3. The van der Waals surface area contributed by atoms with Crippen LogP contribution in [0.25, 0.3) is 10.9 Å². The maximum atomic E-state index is 14.0. The number of aromatic nitrogens is 2. The number of likely N-dealkylation sites (tertiary alicyclic amines) is 1. The zero-order chi connectivity index (χ0) is 24.4. The van der Waals surface area contributed by atoms with E-state index in [1.807, 2.05) is 26.0 Å². The van der Waals surface area contributed by atoms with Crippen molar-refractivity contribution in [1.82, 2.24) is 14.6 Å². The molecule has 0 unspecified atom stereocenters. The number of aliphatic hydroxyl groups excluding tert-OH is 1. The molecule has 1 aliphatic rings. The average Bonchev–Trinajstić information content (AvgIpc) is 3.54. The molecule has 0 spiro atoms. The summed E-state index contributed by atoms with van der Waals surface area (Å²) in [5.74, 6) is 1.40. The monoisotopic (exact) mass is 477 g/mol. The van der Waals surface area contributed by atoms with Crippen LogP contribution in [0.5, 0.6) is 5.75 Å². The van der Waals surface area contributed by atoms with Gasteiger partial charge >= 0.3 is 0 Å².